The van der Waals surface area contributed by atoms with Crippen LogP contribution in [-0.4, -0.2) is 55.2 Å². The van der Waals surface area contributed by atoms with Gasteiger partial charge in [-0.05, 0) is 12.8 Å². The van der Waals surface area contributed by atoms with Crippen molar-refractivity contribution in [3.8, 4) is 0 Å². The Bertz CT molecular complexity index is 686. The van der Waals surface area contributed by atoms with Crippen LogP contribution in [0.15, 0.2) is 12.5 Å². The Morgan fingerprint density at radius 2 is 2.22 bits per heavy atom. The van der Waals surface area contributed by atoms with E-state index in [0.29, 0.717) is 11.7 Å². The van der Waals surface area contributed by atoms with Gasteiger partial charge < -0.3 is 15.8 Å². The summed E-state index contributed by atoms with van der Waals surface area (Å²) in [5.41, 5.74) is 8.68. The Labute approximate surface area is 139 Å². The molecule has 0 aromatic carbocycles. The van der Waals surface area contributed by atoms with Crippen LogP contribution in [-0.2, 0) is 6.54 Å². The minimum atomic E-state index is -0.215. The van der Waals surface area contributed by atoms with E-state index in [0.717, 1.165) is 47.2 Å². The molecule has 6 nitrogen and oxygen atoms in total. The normalized spacial score (nSPS) is 26.0. The van der Waals surface area contributed by atoms with Crippen LogP contribution in [0, 0.1) is 5.92 Å². The van der Waals surface area contributed by atoms with E-state index < -0.39 is 0 Å². The van der Waals surface area contributed by atoms with Crippen LogP contribution in [0.4, 0.5) is 5.82 Å². The number of rotatable bonds is 5. The zero-order chi connectivity index (χ0) is 15.8. The van der Waals surface area contributed by atoms with Crippen molar-refractivity contribution in [2.45, 2.75) is 37.2 Å². The van der Waals surface area contributed by atoms with E-state index in [1.165, 1.54) is 25.6 Å². The van der Waals surface area contributed by atoms with Gasteiger partial charge in [0.05, 0.1) is 11.6 Å². The number of β-amino-alcohol motifs (C(OH)–C–C–N with tert-alkyl or cyclic N) is 1. The predicted molar refractivity (Wildman–Crippen MR) is 93.2 cm³/mol. The van der Waals surface area contributed by atoms with Crippen molar-refractivity contribution in [3.05, 3.63) is 18.1 Å². The summed E-state index contributed by atoms with van der Waals surface area (Å²) in [5.74, 6) is 1.94. The highest BCUT2D eigenvalue weighted by Crippen LogP contribution is 2.34. The number of aromatic amines is 1. The minimum Gasteiger partial charge on any atom is -0.391 e. The Balaban J connectivity index is 1.39. The topological polar surface area (TPSA) is 91.1 Å². The third kappa shape index (κ3) is 3.05. The van der Waals surface area contributed by atoms with Crippen molar-refractivity contribution in [2.75, 3.05) is 24.6 Å². The number of nitrogens with two attached hydrogens (primary N) is 1. The van der Waals surface area contributed by atoms with Gasteiger partial charge in [-0.25, -0.2) is 9.97 Å². The van der Waals surface area contributed by atoms with Gasteiger partial charge in [-0.2, -0.15) is 11.8 Å². The molecule has 124 valence electrons. The summed E-state index contributed by atoms with van der Waals surface area (Å²) < 4.78 is 0. The number of hydrogen-bond donors (Lipinski definition) is 3. The SMILES string of the molecule is Nc1ncnc2c(CN3CC(O)[C@@H](CSC4CCC4)C3)c[nH]c12. The summed E-state index contributed by atoms with van der Waals surface area (Å²) in [6.07, 6.45) is 7.33. The quantitative estimate of drug-likeness (QED) is 0.770. The zero-order valence-corrected chi connectivity index (χ0v) is 13.9. The lowest BCUT2D eigenvalue weighted by Crippen LogP contribution is -2.23. The molecule has 2 aromatic heterocycles. The molecule has 1 aliphatic carbocycles. The lowest BCUT2D eigenvalue weighted by atomic mass is 10.00. The van der Waals surface area contributed by atoms with Gasteiger partial charge in [0.2, 0.25) is 0 Å². The van der Waals surface area contributed by atoms with Crippen molar-refractivity contribution in [1.82, 2.24) is 19.9 Å². The molecule has 1 saturated heterocycles. The Morgan fingerprint density at radius 3 is 3.00 bits per heavy atom. The first-order valence-electron chi connectivity index (χ1n) is 8.29. The van der Waals surface area contributed by atoms with Crippen molar-refractivity contribution in [2.24, 2.45) is 5.92 Å². The summed E-state index contributed by atoms with van der Waals surface area (Å²) in [4.78, 5) is 13.8. The fourth-order valence-electron chi connectivity index (χ4n) is 3.41. The molecule has 4 N–H and O–H groups in total. The number of likely N-dealkylation sites (tertiary alicyclic amines) is 1. The molecule has 0 bridgehead atoms. The van der Waals surface area contributed by atoms with Crippen LogP contribution >= 0.6 is 11.8 Å². The first kappa shape index (κ1) is 15.2. The number of nitrogen functional groups attached to an aromatic ring is 1. The molecule has 0 amide bonds. The van der Waals surface area contributed by atoms with Crippen LogP contribution in [0.25, 0.3) is 11.0 Å². The van der Waals surface area contributed by atoms with Gasteiger partial charge in [-0.1, -0.05) is 6.42 Å². The van der Waals surface area contributed by atoms with Gasteiger partial charge in [0.25, 0.3) is 0 Å². The second-order valence-electron chi connectivity index (χ2n) is 6.70. The molecule has 1 saturated carbocycles. The first-order valence-corrected chi connectivity index (χ1v) is 9.34. The fourth-order valence-corrected chi connectivity index (χ4v) is 4.92. The number of hydrogen-bond acceptors (Lipinski definition) is 6. The Kier molecular flexibility index (Phi) is 4.17. The van der Waals surface area contributed by atoms with Crippen molar-refractivity contribution >= 4 is 28.6 Å². The van der Waals surface area contributed by atoms with E-state index in [9.17, 15) is 5.11 Å². The van der Waals surface area contributed by atoms with Crippen LogP contribution in [0.2, 0.25) is 0 Å². The van der Waals surface area contributed by atoms with Gasteiger partial charge in [0.15, 0.2) is 5.82 Å². The van der Waals surface area contributed by atoms with Crippen LogP contribution in [0.1, 0.15) is 24.8 Å². The van der Waals surface area contributed by atoms with E-state index >= 15 is 0 Å². The summed E-state index contributed by atoms with van der Waals surface area (Å²) in [7, 11) is 0. The number of nitrogens with one attached hydrogen (secondary N) is 1. The van der Waals surface area contributed by atoms with Gasteiger partial charge >= 0.3 is 0 Å². The highest BCUT2D eigenvalue weighted by molar-refractivity contribution is 7.99. The van der Waals surface area contributed by atoms with E-state index in [2.05, 4.69) is 19.9 Å². The average molecular weight is 333 g/mol. The molecule has 2 fully saturated rings. The van der Waals surface area contributed by atoms with E-state index in [-0.39, 0.29) is 6.10 Å². The van der Waals surface area contributed by atoms with Gasteiger partial charge in [0, 0.05) is 48.3 Å². The summed E-state index contributed by atoms with van der Waals surface area (Å²) in [6.45, 7) is 2.48. The molecule has 0 spiro atoms. The van der Waals surface area contributed by atoms with Gasteiger partial charge in [-0.15, -0.1) is 0 Å². The molecule has 1 aliphatic heterocycles. The maximum absolute atomic E-state index is 10.3. The van der Waals surface area contributed by atoms with E-state index in [1.807, 2.05) is 18.0 Å². The Morgan fingerprint density at radius 1 is 1.35 bits per heavy atom. The largest absolute Gasteiger partial charge is 0.391 e. The lowest BCUT2D eigenvalue weighted by molar-refractivity contribution is 0.149. The highest BCUT2D eigenvalue weighted by atomic mass is 32.2. The average Bonchev–Trinajstić information content (AvgIpc) is 3.03. The number of H-pyrrole nitrogens is 1. The molecule has 2 aromatic rings. The summed E-state index contributed by atoms with van der Waals surface area (Å²) >= 11 is 2.05. The maximum atomic E-state index is 10.3. The van der Waals surface area contributed by atoms with Crippen LogP contribution in [0.5, 0.6) is 0 Å². The van der Waals surface area contributed by atoms with E-state index in [1.54, 1.807) is 0 Å². The molecule has 3 heterocycles. The van der Waals surface area contributed by atoms with Gasteiger partial charge in [0.1, 0.15) is 11.8 Å². The number of aliphatic hydroxyl groups excluding tert-OH is 1. The fraction of sp³-hybridized carbons (Fsp3) is 0.625. The number of thioether (sulfide) groups is 1. The standard InChI is InChI=1S/C16H23N5OS/c17-16-15-14(19-9-20-16)10(4-18-15)5-21-6-11(13(22)7-21)8-23-12-2-1-3-12/h4,9,11-13,18,22H,1-3,5-8H2,(H2,17,19,20)/t11-,13?/m1/s1. The highest BCUT2D eigenvalue weighted by Gasteiger charge is 2.32. The van der Waals surface area contributed by atoms with Crippen LogP contribution in [0.3, 0.4) is 0 Å². The number of nitrogens with zero attached hydrogens (tertiary/aromatic N) is 3. The Hall–Kier alpha value is -1.31. The molecule has 4 rings (SSSR count). The molecule has 2 atom stereocenters. The molecule has 1 unspecified atom stereocenters. The van der Waals surface area contributed by atoms with E-state index in [4.69, 9.17) is 5.73 Å². The van der Waals surface area contributed by atoms with Crippen LogP contribution < -0.4 is 5.73 Å². The molecule has 7 heteroatoms. The monoisotopic (exact) mass is 333 g/mol. The van der Waals surface area contributed by atoms with Crippen molar-refractivity contribution in [1.29, 1.82) is 0 Å². The third-order valence-corrected chi connectivity index (χ3v) is 6.61. The lowest BCUT2D eigenvalue weighted by Gasteiger charge is -2.26. The second-order valence-corrected chi connectivity index (χ2v) is 8.04. The number of aliphatic hydroxyl groups is 1. The van der Waals surface area contributed by atoms with Gasteiger partial charge in [-0.3, -0.25) is 4.90 Å². The number of fused-ring (bicyclic) bond motifs is 1. The molecule has 0 radical (unpaired) electrons. The zero-order valence-electron chi connectivity index (χ0n) is 13.1. The summed E-state index contributed by atoms with van der Waals surface area (Å²) in [5, 5.41) is 11.2. The number of aromatic nitrogens is 3. The van der Waals surface area contributed by atoms with Crippen molar-refractivity contribution < 1.29 is 5.11 Å². The second kappa shape index (κ2) is 6.30. The minimum absolute atomic E-state index is 0.215. The smallest absolute Gasteiger partial charge is 0.151 e. The molecular weight excluding hydrogens is 310 g/mol. The number of anilines is 1. The molecule has 2 aliphatic rings. The molecule has 23 heavy (non-hydrogen) atoms. The predicted octanol–water partition coefficient (Wildman–Crippen LogP) is 1.62. The molecular formula is C16H23N5OS. The summed E-state index contributed by atoms with van der Waals surface area (Å²) in [6, 6.07) is 0. The third-order valence-electron chi connectivity index (χ3n) is 5.05. The maximum Gasteiger partial charge on any atom is 0.151 e. The first-order chi connectivity index (χ1) is 11.2. The van der Waals surface area contributed by atoms with Crippen molar-refractivity contribution in [3.63, 3.8) is 0 Å².